The molecule has 0 saturated heterocycles. The summed E-state index contributed by atoms with van der Waals surface area (Å²) in [6.07, 6.45) is 6.79. The Morgan fingerprint density at radius 1 is 1.25 bits per heavy atom. The molecule has 1 N–H and O–H groups in total. The van der Waals surface area contributed by atoms with Crippen LogP contribution in [0.3, 0.4) is 0 Å². The Labute approximate surface area is 99.4 Å². The summed E-state index contributed by atoms with van der Waals surface area (Å²) < 4.78 is 12.6. The minimum absolute atomic E-state index is 0.346. The number of rotatable bonds is 3. The van der Waals surface area contributed by atoms with Gasteiger partial charge in [0.15, 0.2) is 5.82 Å². The minimum Gasteiger partial charge on any atom is -0.354 e. The number of halogens is 2. The van der Waals surface area contributed by atoms with Gasteiger partial charge in [0, 0.05) is 11.9 Å². The lowest BCUT2D eigenvalue weighted by atomic mass is 9.89. The Hall–Kier alpha value is -0.900. The highest BCUT2D eigenvalue weighted by atomic mass is 35.5. The topological polar surface area (TPSA) is 37.8 Å². The highest BCUT2D eigenvalue weighted by molar-refractivity contribution is 6.20. The maximum Gasteiger partial charge on any atom is 0.222 e. The fourth-order valence-corrected chi connectivity index (χ4v) is 2.22. The van der Waals surface area contributed by atoms with E-state index in [1.807, 2.05) is 0 Å². The van der Waals surface area contributed by atoms with Gasteiger partial charge in [0.05, 0.1) is 12.4 Å². The first-order chi connectivity index (χ1) is 7.74. The number of hydrogen-bond donors (Lipinski definition) is 1. The molecule has 1 aromatic heterocycles. The summed E-state index contributed by atoms with van der Waals surface area (Å²) in [6.45, 7) is 0.843. The van der Waals surface area contributed by atoms with Gasteiger partial charge in [-0.05, 0) is 31.6 Å². The molecular formula is C11H15ClFN3. The van der Waals surface area contributed by atoms with E-state index in [9.17, 15) is 4.39 Å². The van der Waals surface area contributed by atoms with Crippen LogP contribution in [-0.2, 0) is 0 Å². The summed E-state index contributed by atoms with van der Waals surface area (Å²) in [5.74, 6) is 0.714. The van der Waals surface area contributed by atoms with E-state index >= 15 is 0 Å². The minimum atomic E-state index is -0.409. The first kappa shape index (κ1) is 11.6. The summed E-state index contributed by atoms with van der Waals surface area (Å²) in [4.78, 5) is 7.71. The molecule has 0 bridgehead atoms. The highest BCUT2D eigenvalue weighted by Crippen LogP contribution is 2.27. The van der Waals surface area contributed by atoms with Crippen molar-refractivity contribution in [3.63, 3.8) is 0 Å². The molecule has 0 atom stereocenters. The molecular weight excluding hydrogens is 229 g/mol. The van der Waals surface area contributed by atoms with Crippen LogP contribution in [0, 0.1) is 11.7 Å². The molecule has 0 unspecified atom stereocenters. The van der Waals surface area contributed by atoms with Crippen molar-refractivity contribution in [3.8, 4) is 0 Å². The fourth-order valence-electron chi connectivity index (χ4n) is 1.97. The molecule has 16 heavy (non-hydrogen) atoms. The number of anilines is 1. The van der Waals surface area contributed by atoms with Crippen LogP contribution < -0.4 is 5.32 Å². The van der Waals surface area contributed by atoms with Crippen molar-refractivity contribution >= 4 is 17.5 Å². The van der Waals surface area contributed by atoms with Gasteiger partial charge in [0.2, 0.25) is 5.95 Å². The summed E-state index contributed by atoms with van der Waals surface area (Å²) in [5, 5.41) is 3.47. The third-order valence-corrected chi connectivity index (χ3v) is 3.38. The molecule has 0 radical (unpaired) electrons. The monoisotopic (exact) mass is 243 g/mol. The van der Waals surface area contributed by atoms with Gasteiger partial charge >= 0.3 is 0 Å². The fraction of sp³-hybridized carbons (Fsp3) is 0.636. The molecule has 2 rings (SSSR count). The van der Waals surface area contributed by atoms with Gasteiger partial charge in [-0.2, -0.15) is 0 Å². The quantitative estimate of drug-likeness (QED) is 0.830. The zero-order valence-electron chi connectivity index (χ0n) is 9.00. The van der Waals surface area contributed by atoms with Gasteiger partial charge in [-0.15, -0.1) is 11.6 Å². The van der Waals surface area contributed by atoms with Crippen molar-refractivity contribution in [1.82, 2.24) is 9.97 Å². The molecule has 1 saturated carbocycles. The van der Waals surface area contributed by atoms with Crippen molar-refractivity contribution in [1.29, 1.82) is 0 Å². The first-order valence-electron chi connectivity index (χ1n) is 5.59. The zero-order valence-corrected chi connectivity index (χ0v) is 9.75. The maximum absolute atomic E-state index is 12.6. The van der Waals surface area contributed by atoms with E-state index in [4.69, 9.17) is 11.6 Å². The second-order valence-corrected chi connectivity index (χ2v) is 4.84. The molecule has 1 aliphatic rings. The Kier molecular flexibility index (Phi) is 3.93. The van der Waals surface area contributed by atoms with Crippen molar-refractivity contribution < 1.29 is 4.39 Å². The number of nitrogens with zero attached hydrogens (tertiary/aromatic N) is 2. The molecule has 0 spiro atoms. The van der Waals surface area contributed by atoms with Gasteiger partial charge in [-0.1, -0.05) is 0 Å². The standard InChI is InChI=1S/C11H15ClFN3/c12-9-3-1-8(2-4-9)5-14-11-15-6-10(13)7-16-11/h6-9H,1-5H2,(H,14,15,16). The van der Waals surface area contributed by atoms with Gasteiger partial charge in [-0.3, -0.25) is 0 Å². The molecule has 3 nitrogen and oxygen atoms in total. The summed E-state index contributed by atoms with van der Waals surface area (Å²) >= 11 is 6.03. The number of nitrogens with one attached hydrogen (secondary N) is 1. The lowest BCUT2D eigenvalue weighted by Gasteiger charge is -2.24. The van der Waals surface area contributed by atoms with E-state index in [1.165, 1.54) is 12.4 Å². The first-order valence-corrected chi connectivity index (χ1v) is 6.03. The van der Waals surface area contributed by atoms with E-state index in [2.05, 4.69) is 15.3 Å². The number of alkyl halides is 1. The zero-order chi connectivity index (χ0) is 11.4. The van der Waals surface area contributed by atoms with Crippen molar-refractivity contribution in [2.75, 3.05) is 11.9 Å². The maximum atomic E-state index is 12.6. The van der Waals surface area contributed by atoms with Crippen LogP contribution in [0.1, 0.15) is 25.7 Å². The van der Waals surface area contributed by atoms with E-state index < -0.39 is 5.82 Å². The predicted molar refractivity (Wildman–Crippen MR) is 62.1 cm³/mol. The van der Waals surface area contributed by atoms with Crippen LogP contribution in [0.15, 0.2) is 12.4 Å². The molecule has 88 valence electrons. The highest BCUT2D eigenvalue weighted by Gasteiger charge is 2.19. The van der Waals surface area contributed by atoms with Crippen molar-refractivity contribution in [2.24, 2.45) is 5.92 Å². The number of aromatic nitrogens is 2. The van der Waals surface area contributed by atoms with Gasteiger partial charge < -0.3 is 5.32 Å². The molecule has 5 heteroatoms. The average molecular weight is 244 g/mol. The largest absolute Gasteiger partial charge is 0.354 e. The normalized spacial score (nSPS) is 25.4. The smallest absolute Gasteiger partial charge is 0.222 e. The Balaban J connectivity index is 1.77. The van der Waals surface area contributed by atoms with E-state index in [1.54, 1.807) is 0 Å². The van der Waals surface area contributed by atoms with Crippen LogP contribution >= 0.6 is 11.6 Å². The Morgan fingerprint density at radius 3 is 2.50 bits per heavy atom. The van der Waals surface area contributed by atoms with Crippen LogP contribution in [0.4, 0.5) is 10.3 Å². The molecule has 1 aliphatic carbocycles. The lowest BCUT2D eigenvalue weighted by molar-refractivity contribution is 0.377. The Bertz CT molecular complexity index is 323. The van der Waals surface area contributed by atoms with Crippen LogP contribution in [0.25, 0.3) is 0 Å². The molecule has 1 heterocycles. The van der Waals surface area contributed by atoms with Gasteiger partial charge in [0.1, 0.15) is 0 Å². The second kappa shape index (κ2) is 5.43. The number of hydrogen-bond acceptors (Lipinski definition) is 3. The van der Waals surface area contributed by atoms with E-state index in [0.29, 0.717) is 17.2 Å². The van der Waals surface area contributed by atoms with E-state index in [-0.39, 0.29) is 0 Å². The van der Waals surface area contributed by atoms with Crippen molar-refractivity contribution in [2.45, 2.75) is 31.1 Å². The third-order valence-electron chi connectivity index (χ3n) is 2.95. The SMILES string of the molecule is Fc1cnc(NCC2CCC(Cl)CC2)nc1. The van der Waals surface area contributed by atoms with Crippen LogP contribution in [-0.4, -0.2) is 21.9 Å². The molecule has 0 amide bonds. The molecule has 1 aromatic rings. The molecule has 1 fully saturated rings. The summed E-state index contributed by atoms with van der Waals surface area (Å²) in [6, 6.07) is 0. The van der Waals surface area contributed by atoms with E-state index in [0.717, 1.165) is 32.2 Å². The summed E-state index contributed by atoms with van der Waals surface area (Å²) in [5.41, 5.74) is 0. The lowest BCUT2D eigenvalue weighted by Crippen LogP contribution is -2.22. The Morgan fingerprint density at radius 2 is 1.88 bits per heavy atom. The van der Waals surface area contributed by atoms with Gasteiger partial charge in [0.25, 0.3) is 0 Å². The van der Waals surface area contributed by atoms with Crippen LogP contribution in [0.5, 0.6) is 0 Å². The second-order valence-electron chi connectivity index (χ2n) is 4.22. The molecule has 0 aromatic carbocycles. The van der Waals surface area contributed by atoms with Gasteiger partial charge in [-0.25, -0.2) is 14.4 Å². The van der Waals surface area contributed by atoms with Crippen molar-refractivity contribution in [3.05, 3.63) is 18.2 Å². The van der Waals surface area contributed by atoms with Crippen LogP contribution in [0.2, 0.25) is 0 Å². The third kappa shape index (κ3) is 3.30. The average Bonchev–Trinajstić information content (AvgIpc) is 2.30. The summed E-state index contributed by atoms with van der Waals surface area (Å²) in [7, 11) is 0. The predicted octanol–water partition coefficient (Wildman–Crippen LogP) is 2.83. The molecule has 0 aliphatic heterocycles.